The van der Waals surface area contributed by atoms with Crippen LogP contribution in [-0.4, -0.2) is 51.4 Å². The Hall–Kier alpha value is -1.58. The summed E-state index contributed by atoms with van der Waals surface area (Å²) in [6, 6.07) is 0. The summed E-state index contributed by atoms with van der Waals surface area (Å²) in [5.74, 6) is 0. The van der Waals surface area contributed by atoms with Crippen LogP contribution in [0.1, 0.15) is 24.6 Å². The fourth-order valence-corrected chi connectivity index (χ4v) is 2.38. The van der Waals surface area contributed by atoms with Crippen LogP contribution in [0.15, 0.2) is 15.8 Å². The number of halogens is 2. The lowest BCUT2D eigenvalue weighted by atomic mass is 10.1. The number of ether oxygens (including phenoxy) is 1. The second kappa shape index (κ2) is 7.12. The number of aryl methyl sites for hydroxylation is 1. The van der Waals surface area contributed by atoms with Gasteiger partial charge in [0.2, 0.25) is 0 Å². The highest BCUT2D eigenvalue weighted by atomic mass is 19.1. The quantitative estimate of drug-likeness (QED) is 0.608. The van der Waals surface area contributed by atoms with Gasteiger partial charge in [0.15, 0.2) is 12.4 Å². The Morgan fingerprint density at radius 3 is 2.68 bits per heavy atom. The molecule has 1 saturated heterocycles. The molecule has 1 aromatic heterocycles. The number of rotatable bonds is 6. The number of nitrogens with one attached hydrogen (secondary N) is 1. The molecule has 0 unspecified atom stereocenters. The molecule has 0 aliphatic carbocycles. The molecule has 2 rings (SSSR count). The summed E-state index contributed by atoms with van der Waals surface area (Å²) in [6.07, 6.45) is -3.99. The van der Waals surface area contributed by atoms with Gasteiger partial charge in [-0.1, -0.05) is 0 Å². The summed E-state index contributed by atoms with van der Waals surface area (Å²) in [6.45, 7) is -1.11. The number of nitrogens with zero attached hydrogens (tertiary/aromatic N) is 1. The third kappa shape index (κ3) is 3.26. The average molecular weight is 319 g/mol. The molecule has 0 saturated carbocycles. The Bertz CT molecular complexity index is 617. The first-order chi connectivity index (χ1) is 10.5. The number of aromatic nitrogens is 2. The van der Waals surface area contributed by atoms with E-state index in [4.69, 9.17) is 9.84 Å². The van der Waals surface area contributed by atoms with Crippen LogP contribution in [0, 0.1) is 0 Å². The van der Waals surface area contributed by atoms with E-state index < -0.39 is 49.1 Å². The van der Waals surface area contributed by atoms with Crippen LogP contribution in [0.3, 0.4) is 0 Å². The van der Waals surface area contributed by atoms with Crippen molar-refractivity contribution in [2.45, 2.75) is 43.9 Å². The highest BCUT2D eigenvalue weighted by Crippen LogP contribution is 2.30. The molecule has 9 heteroatoms. The van der Waals surface area contributed by atoms with Gasteiger partial charge in [-0.2, -0.15) is 0 Å². The fraction of sp³-hybridized carbons (Fsp3) is 0.692. The molecule has 2 heterocycles. The third-order valence-electron chi connectivity index (χ3n) is 3.62. The smallest absolute Gasteiger partial charge is 0.330 e. The maximum Gasteiger partial charge on any atom is 0.330 e. The van der Waals surface area contributed by atoms with E-state index in [0.717, 1.165) is 10.8 Å². The zero-order valence-electron chi connectivity index (χ0n) is 11.7. The Morgan fingerprint density at radius 2 is 2.09 bits per heavy atom. The van der Waals surface area contributed by atoms with Gasteiger partial charge in [-0.3, -0.25) is 18.7 Å². The molecule has 0 bridgehead atoms. The highest BCUT2D eigenvalue weighted by Gasteiger charge is 2.45. The Kier molecular flexibility index (Phi) is 5.43. The van der Waals surface area contributed by atoms with Gasteiger partial charge in [-0.25, -0.2) is 9.18 Å². The van der Waals surface area contributed by atoms with E-state index in [0.29, 0.717) is 6.42 Å². The predicted octanol–water partition coefficient (Wildman–Crippen LogP) is -0.582. The molecule has 7 nitrogen and oxygen atoms in total. The van der Waals surface area contributed by atoms with E-state index in [1.807, 2.05) is 4.98 Å². The van der Waals surface area contributed by atoms with E-state index in [1.165, 1.54) is 0 Å². The summed E-state index contributed by atoms with van der Waals surface area (Å²) < 4.78 is 32.1. The zero-order valence-corrected chi connectivity index (χ0v) is 11.7. The van der Waals surface area contributed by atoms with Crippen LogP contribution in [0.5, 0.6) is 0 Å². The number of aromatic amines is 1. The Labute approximate surface area is 124 Å². The summed E-state index contributed by atoms with van der Waals surface area (Å²) >= 11 is 0. The molecule has 1 aliphatic heterocycles. The van der Waals surface area contributed by atoms with Gasteiger partial charge in [-0.05, 0) is 19.3 Å². The summed E-state index contributed by atoms with van der Waals surface area (Å²) in [4.78, 5) is 25.5. The van der Waals surface area contributed by atoms with E-state index >= 15 is 0 Å². The molecule has 0 spiro atoms. The van der Waals surface area contributed by atoms with Crippen molar-refractivity contribution in [3.63, 3.8) is 0 Å². The first-order valence-corrected chi connectivity index (χ1v) is 6.98. The van der Waals surface area contributed by atoms with E-state index in [-0.39, 0.29) is 18.4 Å². The Balaban J connectivity index is 2.29. The maximum atomic E-state index is 14.0. The molecule has 4 atom stereocenters. The first-order valence-electron chi connectivity index (χ1n) is 6.98. The van der Waals surface area contributed by atoms with Crippen LogP contribution in [0.2, 0.25) is 0 Å². The third-order valence-corrected chi connectivity index (χ3v) is 3.62. The average Bonchev–Trinajstić information content (AvgIpc) is 2.77. The fourth-order valence-electron chi connectivity index (χ4n) is 2.38. The van der Waals surface area contributed by atoms with E-state index in [1.54, 1.807) is 0 Å². The number of alkyl halides is 2. The van der Waals surface area contributed by atoms with Gasteiger partial charge < -0.3 is 14.9 Å². The van der Waals surface area contributed by atoms with E-state index in [2.05, 4.69) is 0 Å². The van der Waals surface area contributed by atoms with Crippen molar-refractivity contribution in [3.05, 3.63) is 32.6 Å². The van der Waals surface area contributed by atoms with Gasteiger partial charge in [0.25, 0.3) is 5.56 Å². The predicted molar refractivity (Wildman–Crippen MR) is 72.1 cm³/mol. The minimum Gasteiger partial charge on any atom is -0.394 e. The number of unbranched alkanes of at least 4 members (excludes halogenated alkanes) is 1. The second-order valence-corrected chi connectivity index (χ2v) is 5.15. The van der Waals surface area contributed by atoms with Crippen LogP contribution in [0.25, 0.3) is 0 Å². The van der Waals surface area contributed by atoms with Crippen molar-refractivity contribution >= 4 is 0 Å². The first kappa shape index (κ1) is 16.8. The van der Waals surface area contributed by atoms with Crippen molar-refractivity contribution < 1.29 is 23.7 Å². The molecular weight excluding hydrogens is 301 g/mol. The van der Waals surface area contributed by atoms with Crippen molar-refractivity contribution in [1.29, 1.82) is 0 Å². The molecule has 1 aromatic rings. The summed E-state index contributed by atoms with van der Waals surface area (Å²) in [5.41, 5.74) is -1.30. The number of H-pyrrole nitrogens is 1. The lowest BCUT2D eigenvalue weighted by Crippen LogP contribution is -2.37. The minimum absolute atomic E-state index is 0.200. The number of aliphatic hydroxyl groups is 2. The maximum absolute atomic E-state index is 14.0. The zero-order chi connectivity index (χ0) is 16.3. The number of aliphatic hydroxyl groups excluding tert-OH is 2. The van der Waals surface area contributed by atoms with Gasteiger partial charge in [0.1, 0.15) is 12.2 Å². The standard InChI is InChI=1S/C13H18F2N2O5/c14-4-2-1-3-7-5-17(13(21)16-11(7)20)12-9(15)10(19)8(6-18)22-12/h5,8-10,12,18-19H,1-4,6H2,(H,16,20,21)/t8-,9+,10-,12-/m1/s1/i14-1. The van der Waals surface area contributed by atoms with Crippen molar-refractivity contribution in [3.8, 4) is 0 Å². The topological polar surface area (TPSA) is 105 Å². The molecular formula is C13H18F2N2O5. The SMILES string of the molecule is O=c1[nH]c(=O)n([C@@H]2O[C@H](CO)[C@@H](O)[C@@H]2F)cc1CCCC[18F]. The molecule has 1 aliphatic rings. The minimum atomic E-state index is -1.92. The van der Waals surface area contributed by atoms with Gasteiger partial charge in [-0.15, -0.1) is 0 Å². The van der Waals surface area contributed by atoms with Crippen LogP contribution in [-0.2, 0) is 11.2 Å². The van der Waals surface area contributed by atoms with Crippen LogP contribution < -0.4 is 11.2 Å². The highest BCUT2D eigenvalue weighted by molar-refractivity contribution is 5.06. The summed E-state index contributed by atoms with van der Waals surface area (Å²) in [5, 5.41) is 18.6. The van der Waals surface area contributed by atoms with Gasteiger partial charge in [0.05, 0.1) is 13.3 Å². The van der Waals surface area contributed by atoms with Gasteiger partial charge in [0, 0.05) is 11.8 Å². The lowest BCUT2D eigenvalue weighted by Gasteiger charge is -2.16. The Morgan fingerprint density at radius 1 is 1.36 bits per heavy atom. The second-order valence-electron chi connectivity index (χ2n) is 5.15. The molecule has 0 amide bonds. The molecule has 1 fully saturated rings. The molecule has 0 aromatic carbocycles. The van der Waals surface area contributed by atoms with Gasteiger partial charge >= 0.3 is 5.69 Å². The van der Waals surface area contributed by atoms with Crippen LogP contribution >= 0.6 is 0 Å². The van der Waals surface area contributed by atoms with Crippen LogP contribution in [0.4, 0.5) is 8.78 Å². The molecule has 124 valence electrons. The number of hydrogen-bond donors (Lipinski definition) is 3. The molecule has 0 radical (unpaired) electrons. The number of hydrogen-bond acceptors (Lipinski definition) is 5. The monoisotopic (exact) mass is 319 g/mol. The van der Waals surface area contributed by atoms with Crippen molar-refractivity contribution in [1.82, 2.24) is 9.55 Å². The van der Waals surface area contributed by atoms with Crippen molar-refractivity contribution in [2.24, 2.45) is 0 Å². The summed E-state index contributed by atoms with van der Waals surface area (Å²) in [7, 11) is 0. The largest absolute Gasteiger partial charge is 0.394 e. The normalized spacial score (nSPS) is 28.2. The van der Waals surface area contributed by atoms with E-state index in [9.17, 15) is 23.5 Å². The molecule has 3 N–H and O–H groups in total. The molecule has 22 heavy (non-hydrogen) atoms. The lowest BCUT2D eigenvalue weighted by molar-refractivity contribution is -0.0492. The van der Waals surface area contributed by atoms with Crippen molar-refractivity contribution in [2.75, 3.05) is 13.3 Å².